The number of hydrogen-bond donors (Lipinski definition) is 1. The number of benzene rings is 1. The van der Waals surface area contributed by atoms with Crippen LogP contribution in [0.2, 0.25) is 5.02 Å². The standard InChI is InChI=1S/C14H12BrClN2O/c1-8-6-10(15)7-11(16)13(8)18-14(19)12-5-3-4-9(2)17-12/h3-7H,1-2H3,(H,18,19). The minimum absolute atomic E-state index is 0.268. The zero-order valence-electron chi connectivity index (χ0n) is 10.5. The number of aromatic nitrogens is 1. The third-order valence-electron chi connectivity index (χ3n) is 2.61. The van der Waals surface area contributed by atoms with Crippen LogP contribution in [0.1, 0.15) is 21.7 Å². The van der Waals surface area contributed by atoms with Crippen LogP contribution in [0.3, 0.4) is 0 Å². The van der Waals surface area contributed by atoms with E-state index < -0.39 is 0 Å². The molecule has 1 aromatic heterocycles. The molecule has 0 bridgehead atoms. The fourth-order valence-corrected chi connectivity index (χ4v) is 2.73. The molecule has 2 aromatic rings. The van der Waals surface area contributed by atoms with Crippen molar-refractivity contribution in [3.05, 3.63) is 56.8 Å². The maximum Gasteiger partial charge on any atom is 0.274 e. The molecule has 1 amide bonds. The molecule has 0 aliphatic carbocycles. The van der Waals surface area contributed by atoms with Crippen LogP contribution in [-0.2, 0) is 0 Å². The minimum Gasteiger partial charge on any atom is -0.319 e. The fourth-order valence-electron chi connectivity index (χ4n) is 1.71. The number of aryl methyl sites for hydroxylation is 2. The predicted molar refractivity (Wildman–Crippen MR) is 80.8 cm³/mol. The fraction of sp³-hybridized carbons (Fsp3) is 0.143. The van der Waals surface area contributed by atoms with Crippen molar-refractivity contribution >= 4 is 39.1 Å². The lowest BCUT2D eigenvalue weighted by molar-refractivity contribution is 0.102. The van der Waals surface area contributed by atoms with Gasteiger partial charge in [-0.3, -0.25) is 4.79 Å². The van der Waals surface area contributed by atoms with E-state index in [2.05, 4.69) is 26.2 Å². The maximum absolute atomic E-state index is 12.1. The molecule has 0 atom stereocenters. The highest BCUT2D eigenvalue weighted by atomic mass is 79.9. The van der Waals surface area contributed by atoms with Crippen molar-refractivity contribution in [1.29, 1.82) is 0 Å². The van der Waals surface area contributed by atoms with E-state index in [-0.39, 0.29) is 5.91 Å². The molecule has 98 valence electrons. The summed E-state index contributed by atoms with van der Waals surface area (Å²) in [6, 6.07) is 8.95. The molecular weight excluding hydrogens is 328 g/mol. The Morgan fingerprint density at radius 1 is 1.32 bits per heavy atom. The zero-order valence-corrected chi connectivity index (χ0v) is 12.8. The normalized spacial score (nSPS) is 10.3. The molecule has 3 nitrogen and oxygen atoms in total. The SMILES string of the molecule is Cc1cccc(C(=O)Nc2c(C)cc(Br)cc2Cl)n1. The van der Waals surface area contributed by atoms with Gasteiger partial charge in [-0.15, -0.1) is 0 Å². The van der Waals surface area contributed by atoms with E-state index in [9.17, 15) is 4.79 Å². The van der Waals surface area contributed by atoms with Gasteiger partial charge in [0.25, 0.3) is 5.91 Å². The van der Waals surface area contributed by atoms with E-state index in [1.807, 2.05) is 26.0 Å². The van der Waals surface area contributed by atoms with Crippen molar-refractivity contribution in [3.8, 4) is 0 Å². The number of rotatable bonds is 2. The highest BCUT2D eigenvalue weighted by molar-refractivity contribution is 9.10. The van der Waals surface area contributed by atoms with Crippen LogP contribution in [0.4, 0.5) is 5.69 Å². The van der Waals surface area contributed by atoms with Gasteiger partial charge in [0, 0.05) is 10.2 Å². The second-order valence-electron chi connectivity index (χ2n) is 4.20. The third kappa shape index (κ3) is 3.33. The van der Waals surface area contributed by atoms with E-state index in [1.54, 1.807) is 18.2 Å². The summed E-state index contributed by atoms with van der Waals surface area (Å²) in [4.78, 5) is 16.3. The summed E-state index contributed by atoms with van der Waals surface area (Å²) in [6.07, 6.45) is 0. The Balaban J connectivity index is 2.29. The van der Waals surface area contributed by atoms with Gasteiger partial charge in [0.05, 0.1) is 10.7 Å². The average Bonchev–Trinajstić information content (AvgIpc) is 2.33. The number of carbonyl (C=O) groups excluding carboxylic acids is 1. The van der Waals surface area contributed by atoms with Crippen LogP contribution in [0.15, 0.2) is 34.8 Å². The molecule has 1 N–H and O–H groups in total. The number of hydrogen-bond acceptors (Lipinski definition) is 2. The van der Waals surface area contributed by atoms with Gasteiger partial charge in [-0.1, -0.05) is 33.6 Å². The van der Waals surface area contributed by atoms with Crippen LogP contribution in [0.5, 0.6) is 0 Å². The van der Waals surface area contributed by atoms with Crippen LogP contribution in [0, 0.1) is 13.8 Å². The molecular formula is C14H12BrClN2O. The summed E-state index contributed by atoms with van der Waals surface area (Å²) < 4.78 is 0.877. The van der Waals surface area contributed by atoms with Gasteiger partial charge < -0.3 is 5.32 Å². The summed E-state index contributed by atoms with van der Waals surface area (Å²) in [5.74, 6) is -0.268. The topological polar surface area (TPSA) is 42.0 Å². The lowest BCUT2D eigenvalue weighted by atomic mass is 10.2. The molecule has 1 heterocycles. The molecule has 0 unspecified atom stereocenters. The Hall–Kier alpha value is -1.39. The Labute approximate surface area is 125 Å². The van der Waals surface area contributed by atoms with Crippen LogP contribution >= 0.6 is 27.5 Å². The van der Waals surface area contributed by atoms with E-state index in [1.165, 1.54) is 0 Å². The van der Waals surface area contributed by atoms with Gasteiger partial charge in [0.1, 0.15) is 5.69 Å². The summed E-state index contributed by atoms with van der Waals surface area (Å²) in [5, 5.41) is 3.29. The summed E-state index contributed by atoms with van der Waals surface area (Å²) in [5.41, 5.74) is 2.67. The number of halogens is 2. The first kappa shape index (κ1) is 14.0. The van der Waals surface area contributed by atoms with Gasteiger partial charge in [0.2, 0.25) is 0 Å². The molecule has 0 aliphatic heterocycles. The number of amides is 1. The second kappa shape index (κ2) is 5.72. The quantitative estimate of drug-likeness (QED) is 0.883. The van der Waals surface area contributed by atoms with Gasteiger partial charge in [-0.25, -0.2) is 4.98 Å². The minimum atomic E-state index is -0.268. The maximum atomic E-state index is 12.1. The molecule has 0 saturated carbocycles. The summed E-state index contributed by atoms with van der Waals surface area (Å²) >= 11 is 9.49. The van der Waals surface area contributed by atoms with Crippen molar-refractivity contribution in [2.75, 3.05) is 5.32 Å². The van der Waals surface area contributed by atoms with E-state index in [4.69, 9.17) is 11.6 Å². The Bertz CT molecular complexity index is 620. The first-order valence-electron chi connectivity index (χ1n) is 5.68. The molecule has 0 saturated heterocycles. The lowest BCUT2D eigenvalue weighted by Crippen LogP contribution is -2.15. The van der Waals surface area contributed by atoms with Crippen molar-refractivity contribution in [2.45, 2.75) is 13.8 Å². The highest BCUT2D eigenvalue weighted by Gasteiger charge is 2.12. The number of anilines is 1. The second-order valence-corrected chi connectivity index (χ2v) is 5.52. The number of carbonyl (C=O) groups is 1. The highest BCUT2D eigenvalue weighted by Crippen LogP contribution is 2.30. The Morgan fingerprint density at radius 3 is 2.68 bits per heavy atom. The molecule has 2 rings (SSSR count). The lowest BCUT2D eigenvalue weighted by Gasteiger charge is -2.11. The Morgan fingerprint density at radius 2 is 2.05 bits per heavy atom. The van der Waals surface area contributed by atoms with Crippen molar-refractivity contribution < 1.29 is 4.79 Å². The Kier molecular flexibility index (Phi) is 4.22. The molecule has 0 fully saturated rings. The van der Waals surface area contributed by atoms with Crippen LogP contribution in [-0.4, -0.2) is 10.9 Å². The molecule has 0 aliphatic rings. The van der Waals surface area contributed by atoms with E-state index in [0.717, 1.165) is 15.7 Å². The van der Waals surface area contributed by atoms with Crippen molar-refractivity contribution in [2.24, 2.45) is 0 Å². The van der Waals surface area contributed by atoms with Gasteiger partial charge in [0.15, 0.2) is 0 Å². The van der Waals surface area contributed by atoms with Gasteiger partial charge >= 0.3 is 0 Å². The largest absolute Gasteiger partial charge is 0.319 e. The van der Waals surface area contributed by atoms with Gasteiger partial charge in [-0.2, -0.15) is 0 Å². The van der Waals surface area contributed by atoms with Crippen LogP contribution in [0.25, 0.3) is 0 Å². The molecule has 19 heavy (non-hydrogen) atoms. The molecule has 0 radical (unpaired) electrons. The van der Waals surface area contributed by atoms with Crippen molar-refractivity contribution in [3.63, 3.8) is 0 Å². The number of pyridine rings is 1. The molecule has 0 spiro atoms. The zero-order chi connectivity index (χ0) is 14.0. The molecule has 1 aromatic carbocycles. The third-order valence-corrected chi connectivity index (χ3v) is 3.37. The van der Waals surface area contributed by atoms with E-state index in [0.29, 0.717) is 16.4 Å². The van der Waals surface area contributed by atoms with Crippen molar-refractivity contribution in [1.82, 2.24) is 4.98 Å². The number of nitrogens with zero attached hydrogens (tertiary/aromatic N) is 1. The smallest absolute Gasteiger partial charge is 0.274 e. The predicted octanol–water partition coefficient (Wildman–Crippen LogP) is 4.37. The first-order chi connectivity index (χ1) is 8.97. The van der Waals surface area contributed by atoms with Crippen LogP contribution < -0.4 is 5.32 Å². The monoisotopic (exact) mass is 338 g/mol. The number of nitrogens with one attached hydrogen (secondary N) is 1. The summed E-state index contributed by atoms with van der Waals surface area (Å²) in [6.45, 7) is 3.73. The van der Waals surface area contributed by atoms with E-state index >= 15 is 0 Å². The molecule has 5 heteroatoms. The average molecular weight is 340 g/mol. The first-order valence-corrected chi connectivity index (χ1v) is 6.85. The summed E-state index contributed by atoms with van der Waals surface area (Å²) in [7, 11) is 0. The van der Waals surface area contributed by atoms with Gasteiger partial charge in [-0.05, 0) is 43.7 Å².